The zero-order valence-corrected chi connectivity index (χ0v) is 6.97. The summed E-state index contributed by atoms with van der Waals surface area (Å²) in [4.78, 5) is 0. The zero-order valence-electron chi connectivity index (χ0n) is 6.97. The molecule has 2 atom stereocenters. The van der Waals surface area contributed by atoms with Gasteiger partial charge in [-0.25, -0.2) is 26.3 Å². The van der Waals surface area contributed by atoms with E-state index in [4.69, 9.17) is 0 Å². The molecule has 0 aliphatic heterocycles. The Labute approximate surface area is 70.9 Å². The van der Waals surface area contributed by atoms with Gasteiger partial charge in [0.1, 0.15) is 0 Å². The third-order valence-electron chi connectivity index (χ3n) is 2.70. The van der Waals surface area contributed by atoms with Gasteiger partial charge in [-0.3, -0.25) is 0 Å². The van der Waals surface area contributed by atoms with Crippen LogP contribution in [-0.4, -0.2) is 23.2 Å². The van der Waals surface area contributed by atoms with Crippen LogP contribution in [-0.2, 0) is 0 Å². The Hall–Kier alpha value is -0.420. The standard InChI is InChI=1S/C7H8F6/c1-4(8)5(2,9)7(12,13)3-6(4,10)11/h3H2,1-2H3. The van der Waals surface area contributed by atoms with Crippen molar-refractivity contribution >= 4 is 0 Å². The third-order valence-corrected chi connectivity index (χ3v) is 2.70. The quantitative estimate of drug-likeness (QED) is 0.534. The molecular weight excluding hydrogens is 198 g/mol. The third kappa shape index (κ3) is 1.00. The van der Waals surface area contributed by atoms with Gasteiger partial charge in [0.05, 0.1) is 6.42 Å². The Balaban J connectivity index is 3.24. The molecule has 0 aromatic rings. The van der Waals surface area contributed by atoms with Crippen LogP contribution in [0.1, 0.15) is 20.3 Å². The summed E-state index contributed by atoms with van der Waals surface area (Å²) < 4.78 is 76.6. The molecule has 6 heteroatoms. The van der Waals surface area contributed by atoms with E-state index in [1.807, 2.05) is 0 Å². The maximum absolute atomic E-state index is 13.1. The van der Waals surface area contributed by atoms with E-state index in [0.717, 1.165) is 0 Å². The van der Waals surface area contributed by atoms with Crippen molar-refractivity contribution in [2.75, 3.05) is 0 Å². The van der Waals surface area contributed by atoms with E-state index < -0.39 is 29.6 Å². The number of halogens is 6. The Bertz CT molecular complexity index is 205. The molecule has 0 heterocycles. The van der Waals surface area contributed by atoms with E-state index in [-0.39, 0.29) is 13.8 Å². The highest BCUT2D eigenvalue weighted by molar-refractivity contribution is 5.18. The average molecular weight is 206 g/mol. The molecule has 0 nitrogen and oxygen atoms in total. The highest BCUT2D eigenvalue weighted by atomic mass is 19.3. The second-order valence-electron chi connectivity index (χ2n) is 3.59. The normalized spacial score (nSPS) is 48.0. The fourth-order valence-corrected chi connectivity index (χ4v) is 1.30. The van der Waals surface area contributed by atoms with Crippen molar-refractivity contribution in [1.29, 1.82) is 0 Å². The van der Waals surface area contributed by atoms with E-state index >= 15 is 0 Å². The number of hydrogen-bond donors (Lipinski definition) is 0. The van der Waals surface area contributed by atoms with Crippen LogP contribution in [0.15, 0.2) is 0 Å². The van der Waals surface area contributed by atoms with E-state index in [2.05, 4.69) is 0 Å². The molecule has 0 aromatic carbocycles. The molecule has 0 bridgehead atoms. The van der Waals surface area contributed by atoms with Crippen LogP contribution in [0.4, 0.5) is 26.3 Å². The lowest BCUT2D eigenvalue weighted by molar-refractivity contribution is -0.170. The predicted molar refractivity (Wildman–Crippen MR) is 33.5 cm³/mol. The van der Waals surface area contributed by atoms with Crippen LogP contribution >= 0.6 is 0 Å². The molecule has 78 valence electrons. The van der Waals surface area contributed by atoms with E-state index in [1.54, 1.807) is 0 Å². The first-order valence-electron chi connectivity index (χ1n) is 3.59. The highest BCUT2D eigenvalue weighted by Gasteiger charge is 2.81. The minimum absolute atomic E-state index is 0.161. The molecule has 0 N–H and O–H groups in total. The van der Waals surface area contributed by atoms with Crippen molar-refractivity contribution in [2.24, 2.45) is 0 Å². The smallest absolute Gasteiger partial charge is 0.234 e. The molecule has 1 fully saturated rings. The lowest BCUT2D eigenvalue weighted by Crippen LogP contribution is -2.53. The first-order valence-corrected chi connectivity index (χ1v) is 3.59. The summed E-state index contributed by atoms with van der Waals surface area (Å²) in [6.07, 6.45) is -2.08. The van der Waals surface area contributed by atoms with Crippen molar-refractivity contribution in [3.05, 3.63) is 0 Å². The highest BCUT2D eigenvalue weighted by Crippen LogP contribution is 2.61. The van der Waals surface area contributed by atoms with Crippen LogP contribution < -0.4 is 0 Å². The molecule has 0 aromatic heterocycles. The molecule has 1 rings (SSSR count). The van der Waals surface area contributed by atoms with Crippen molar-refractivity contribution in [3.8, 4) is 0 Å². The van der Waals surface area contributed by atoms with Gasteiger partial charge in [0.15, 0.2) is 0 Å². The summed E-state index contributed by atoms with van der Waals surface area (Å²) in [5, 5.41) is 0. The molecule has 1 saturated carbocycles. The average Bonchev–Trinajstić information content (AvgIpc) is 1.88. The maximum atomic E-state index is 13.1. The summed E-state index contributed by atoms with van der Waals surface area (Å²) in [6.45, 7) is 0.321. The van der Waals surface area contributed by atoms with Crippen LogP contribution in [0.25, 0.3) is 0 Å². The van der Waals surface area contributed by atoms with Crippen LogP contribution in [0.2, 0.25) is 0 Å². The Morgan fingerprint density at radius 1 is 0.692 bits per heavy atom. The lowest BCUT2D eigenvalue weighted by atomic mass is 9.90. The predicted octanol–water partition coefficient (Wildman–Crippen LogP) is 3.12. The van der Waals surface area contributed by atoms with E-state index in [1.165, 1.54) is 0 Å². The zero-order chi connectivity index (χ0) is 10.7. The van der Waals surface area contributed by atoms with Crippen molar-refractivity contribution in [2.45, 2.75) is 43.5 Å². The first-order chi connectivity index (χ1) is 5.46. The van der Waals surface area contributed by atoms with Crippen molar-refractivity contribution in [1.82, 2.24) is 0 Å². The summed E-state index contributed by atoms with van der Waals surface area (Å²) in [5.41, 5.74) is -7.66. The van der Waals surface area contributed by atoms with Gasteiger partial charge in [0.2, 0.25) is 11.3 Å². The number of rotatable bonds is 0. The fraction of sp³-hybridized carbons (Fsp3) is 1.00. The van der Waals surface area contributed by atoms with E-state index in [9.17, 15) is 26.3 Å². The van der Waals surface area contributed by atoms with Gasteiger partial charge < -0.3 is 0 Å². The Kier molecular flexibility index (Phi) is 1.76. The van der Waals surface area contributed by atoms with Crippen molar-refractivity contribution in [3.63, 3.8) is 0 Å². The molecule has 1 aliphatic rings. The van der Waals surface area contributed by atoms with Crippen LogP contribution in [0, 0.1) is 0 Å². The molecule has 0 saturated heterocycles. The van der Waals surface area contributed by atoms with Gasteiger partial charge in [-0.1, -0.05) is 0 Å². The minimum Gasteiger partial charge on any atom is -0.234 e. The molecule has 1 aliphatic carbocycles. The van der Waals surface area contributed by atoms with Crippen molar-refractivity contribution < 1.29 is 26.3 Å². The molecule has 2 unspecified atom stereocenters. The summed E-state index contributed by atoms with van der Waals surface area (Å²) in [5.74, 6) is -8.67. The maximum Gasteiger partial charge on any atom is 0.290 e. The lowest BCUT2D eigenvalue weighted by Gasteiger charge is -2.31. The number of alkyl halides is 6. The minimum atomic E-state index is -4.33. The van der Waals surface area contributed by atoms with Gasteiger partial charge >= 0.3 is 0 Å². The van der Waals surface area contributed by atoms with Gasteiger partial charge in [0.25, 0.3) is 11.8 Å². The summed E-state index contributed by atoms with van der Waals surface area (Å²) in [6, 6.07) is 0. The molecule has 0 amide bonds. The largest absolute Gasteiger partial charge is 0.290 e. The van der Waals surface area contributed by atoms with E-state index in [0.29, 0.717) is 0 Å². The topological polar surface area (TPSA) is 0 Å². The first kappa shape index (κ1) is 10.7. The van der Waals surface area contributed by atoms with Gasteiger partial charge in [0, 0.05) is 0 Å². The monoisotopic (exact) mass is 206 g/mol. The van der Waals surface area contributed by atoms with Crippen LogP contribution in [0.5, 0.6) is 0 Å². The second-order valence-corrected chi connectivity index (χ2v) is 3.59. The summed E-state index contributed by atoms with van der Waals surface area (Å²) >= 11 is 0. The molecular formula is C7H8F6. The SMILES string of the molecule is CC1(F)C(F)(F)CC(F)(F)C1(C)F. The Morgan fingerprint density at radius 3 is 1.00 bits per heavy atom. The Morgan fingerprint density at radius 2 is 0.923 bits per heavy atom. The summed E-state index contributed by atoms with van der Waals surface area (Å²) in [7, 11) is 0. The molecule has 0 spiro atoms. The molecule has 13 heavy (non-hydrogen) atoms. The van der Waals surface area contributed by atoms with Crippen LogP contribution in [0.3, 0.4) is 0 Å². The second kappa shape index (κ2) is 2.15. The molecule has 0 radical (unpaired) electrons. The fourth-order valence-electron chi connectivity index (χ4n) is 1.30. The van der Waals surface area contributed by atoms with Gasteiger partial charge in [-0.05, 0) is 13.8 Å². The van der Waals surface area contributed by atoms with Gasteiger partial charge in [-0.2, -0.15) is 0 Å². The van der Waals surface area contributed by atoms with Gasteiger partial charge in [-0.15, -0.1) is 0 Å². The number of hydrogen-bond acceptors (Lipinski definition) is 0.